The van der Waals surface area contributed by atoms with E-state index in [1.165, 1.54) is 12.1 Å². The number of ether oxygens (including phenoxy) is 1. The summed E-state index contributed by atoms with van der Waals surface area (Å²) < 4.78 is 28.5. The highest BCUT2D eigenvalue weighted by atomic mass is 79.9. The first-order valence-corrected chi connectivity index (χ1v) is 9.48. The molecule has 8 heteroatoms. The minimum absolute atomic E-state index is 0.0393. The van der Waals surface area contributed by atoms with Crippen LogP contribution in [0.4, 0.5) is 0 Å². The zero-order valence-corrected chi connectivity index (χ0v) is 14.5. The van der Waals surface area contributed by atoms with Gasteiger partial charge in [-0.3, -0.25) is 4.79 Å². The first kappa shape index (κ1) is 16.7. The molecule has 116 valence electrons. The number of carbonyl (C=O) groups is 1. The molecule has 0 radical (unpaired) electrons. The van der Waals surface area contributed by atoms with E-state index in [-0.39, 0.29) is 28.5 Å². The first-order chi connectivity index (χ1) is 9.79. The van der Waals surface area contributed by atoms with Crippen molar-refractivity contribution in [2.24, 2.45) is 0 Å². The molecule has 2 atom stereocenters. The Morgan fingerprint density at radius 1 is 1.38 bits per heavy atom. The number of carbonyl (C=O) groups excluding carboxylic acids is 1. The molecule has 2 unspecified atom stereocenters. The summed E-state index contributed by atoms with van der Waals surface area (Å²) in [5.41, 5.74) is 0.254. The summed E-state index contributed by atoms with van der Waals surface area (Å²) in [4.78, 5) is 12.1. The van der Waals surface area contributed by atoms with E-state index >= 15 is 0 Å². The lowest BCUT2D eigenvalue weighted by atomic mass is 10.2. The zero-order valence-electron chi connectivity index (χ0n) is 11.3. The van der Waals surface area contributed by atoms with Gasteiger partial charge >= 0.3 is 0 Å². The molecule has 0 saturated heterocycles. The third kappa shape index (κ3) is 4.42. The number of benzene rings is 1. The Hall–Kier alpha value is -0.630. The second kappa shape index (κ2) is 6.64. The van der Waals surface area contributed by atoms with Gasteiger partial charge in [-0.25, -0.2) is 8.42 Å². The molecule has 0 aromatic heterocycles. The first-order valence-electron chi connectivity index (χ1n) is 6.38. The third-order valence-corrected chi connectivity index (χ3v) is 5.26. The van der Waals surface area contributed by atoms with E-state index in [1.807, 2.05) is 0 Å². The van der Waals surface area contributed by atoms with Crippen LogP contribution in [0.2, 0.25) is 0 Å². The van der Waals surface area contributed by atoms with Crippen LogP contribution in [-0.2, 0) is 13.8 Å². The summed E-state index contributed by atoms with van der Waals surface area (Å²) in [6.07, 6.45) is 2.67. The summed E-state index contributed by atoms with van der Waals surface area (Å²) >= 11 is 3.18. The van der Waals surface area contributed by atoms with Crippen LogP contribution in [0.15, 0.2) is 27.6 Å². The number of hydrogen-bond donors (Lipinski definition) is 1. The van der Waals surface area contributed by atoms with Crippen LogP contribution in [0.3, 0.4) is 0 Å². The van der Waals surface area contributed by atoms with Crippen LogP contribution in [0.5, 0.6) is 0 Å². The van der Waals surface area contributed by atoms with Crippen LogP contribution >= 0.6 is 26.6 Å². The van der Waals surface area contributed by atoms with Crippen LogP contribution in [0, 0.1) is 0 Å². The van der Waals surface area contributed by atoms with Crippen molar-refractivity contribution in [1.29, 1.82) is 0 Å². The molecule has 5 nitrogen and oxygen atoms in total. The van der Waals surface area contributed by atoms with Gasteiger partial charge in [0.2, 0.25) is 0 Å². The molecule has 0 bridgehead atoms. The van der Waals surface area contributed by atoms with Gasteiger partial charge in [0.05, 0.1) is 11.0 Å². The van der Waals surface area contributed by atoms with Gasteiger partial charge in [0.15, 0.2) is 0 Å². The molecular weight excluding hydrogens is 382 g/mol. The Morgan fingerprint density at radius 3 is 2.67 bits per heavy atom. The number of nitrogens with one attached hydrogen (secondary N) is 1. The lowest BCUT2D eigenvalue weighted by Crippen LogP contribution is -2.33. The van der Waals surface area contributed by atoms with E-state index in [0.717, 1.165) is 19.3 Å². The second-order valence-corrected chi connectivity index (χ2v) is 8.44. The maximum atomic E-state index is 12.2. The molecule has 0 heterocycles. The van der Waals surface area contributed by atoms with Crippen LogP contribution in [0.25, 0.3) is 0 Å². The molecule has 1 saturated carbocycles. The predicted molar refractivity (Wildman–Crippen MR) is 83.1 cm³/mol. The van der Waals surface area contributed by atoms with E-state index in [9.17, 15) is 13.2 Å². The molecule has 21 heavy (non-hydrogen) atoms. The third-order valence-electron chi connectivity index (χ3n) is 3.47. The highest BCUT2D eigenvalue weighted by Crippen LogP contribution is 2.24. The van der Waals surface area contributed by atoms with Gasteiger partial charge in [0.25, 0.3) is 15.0 Å². The van der Waals surface area contributed by atoms with Gasteiger partial charge in [-0.15, -0.1) is 0 Å². The van der Waals surface area contributed by atoms with Crippen molar-refractivity contribution >= 4 is 41.6 Å². The summed E-state index contributed by atoms with van der Waals surface area (Å²) in [6, 6.07) is 4.22. The quantitative estimate of drug-likeness (QED) is 0.794. The maximum Gasteiger partial charge on any atom is 0.261 e. The van der Waals surface area contributed by atoms with Crippen LogP contribution in [-0.4, -0.2) is 33.6 Å². The number of rotatable bonds is 4. The fourth-order valence-corrected chi connectivity index (χ4v) is 3.84. The Bertz CT molecular complexity index is 650. The molecular formula is C13H15BrClNO4S. The molecule has 1 amide bonds. The van der Waals surface area contributed by atoms with Crippen molar-refractivity contribution in [1.82, 2.24) is 5.32 Å². The molecule has 1 aliphatic rings. The number of hydrogen-bond acceptors (Lipinski definition) is 4. The number of amides is 1. The lowest BCUT2D eigenvalue weighted by Gasteiger charge is -2.13. The zero-order chi connectivity index (χ0) is 15.6. The molecule has 1 N–H and O–H groups in total. The molecule has 1 aliphatic carbocycles. The lowest BCUT2D eigenvalue weighted by molar-refractivity contribution is 0.0914. The molecule has 1 aromatic rings. The van der Waals surface area contributed by atoms with Crippen molar-refractivity contribution in [3.63, 3.8) is 0 Å². The highest BCUT2D eigenvalue weighted by molar-refractivity contribution is 9.10. The smallest absolute Gasteiger partial charge is 0.261 e. The van der Waals surface area contributed by atoms with Crippen LogP contribution in [0.1, 0.15) is 29.6 Å². The fourth-order valence-electron chi connectivity index (χ4n) is 2.39. The minimum Gasteiger partial charge on any atom is -0.381 e. The van der Waals surface area contributed by atoms with Gasteiger partial charge in [-0.2, -0.15) is 0 Å². The molecule has 1 fully saturated rings. The average molecular weight is 397 g/mol. The van der Waals surface area contributed by atoms with E-state index in [4.69, 9.17) is 15.4 Å². The van der Waals surface area contributed by atoms with Crippen molar-refractivity contribution < 1.29 is 17.9 Å². The number of methoxy groups -OCH3 is 1. The summed E-state index contributed by atoms with van der Waals surface area (Å²) in [5.74, 6) is -0.320. The van der Waals surface area contributed by atoms with Gasteiger partial charge < -0.3 is 10.1 Å². The predicted octanol–water partition coefficient (Wildman–Crippen LogP) is 2.67. The molecule has 0 spiro atoms. The normalized spacial score (nSPS) is 22.2. The Labute approximate surface area is 136 Å². The summed E-state index contributed by atoms with van der Waals surface area (Å²) in [6.45, 7) is 0. The van der Waals surface area contributed by atoms with Crippen molar-refractivity contribution in [3.8, 4) is 0 Å². The monoisotopic (exact) mass is 395 g/mol. The number of halogens is 2. The van der Waals surface area contributed by atoms with E-state index in [2.05, 4.69) is 21.2 Å². The van der Waals surface area contributed by atoms with Crippen molar-refractivity contribution in [2.45, 2.75) is 36.3 Å². The Kier molecular flexibility index (Phi) is 5.29. The SMILES string of the molecule is COC1CCC(NC(=O)c2cc(Br)cc(S(=O)(=O)Cl)c2)C1. The van der Waals surface area contributed by atoms with Gasteiger partial charge in [0.1, 0.15) is 0 Å². The topological polar surface area (TPSA) is 72.5 Å². The molecule has 2 rings (SSSR count). The molecule has 0 aliphatic heterocycles. The largest absolute Gasteiger partial charge is 0.381 e. The van der Waals surface area contributed by atoms with Crippen molar-refractivity contribution in [2.75, 3.05) is 7.11 Å². The molecule has 1 aromatic carbocycles. The minimum atomic E-state index is -3.88. The summed E-state index contributed by atoms with van der Waals surface area (Å²) in [5, 5.41) is 2.89. The van der Waals surface area contributed by atoms with E-state index < -0.39 is 9.05 Å². The Balaban J connectivity index is 2.15. The standard InChI is InChI=1S/C13H15BrClNO4S/c1-20-11-3-2-10(7-11)16-13(17)8-4-9(14)6-12(5-8)21(15,18)19/h4-6,10-11H,2-3,7H2,1H3,(H,16,17). The fraction of sp³-hybridized carbons (Fsp3) is 0.462. The summed E-state index contributed by atoms with van der Waals surface area (Å²) in [7, 11) is 3.09. The highest BCUT2D eigenvalue weighted by Gasteiger charge is 2.26. The van der Waals surface area contributed by atoms with Gasteiger partial charge in [0, 0.05) is 33.9 Å². The van der Waals surface area contributed by atoms with Crippen molar-refractivity contribution in [3.05, 3.63) is 28.2 Å². The van der Waals surface area contributed by atoms with Gasteiger partial charge in [-0.1, -0.05) is 15.9 Å². The van der Waals surface area contributed by atoms with E-state index in [1.54, 1.807) is 13.2 Å². The second-order valence-electron chi connectivity index (χ2n) is 4.95. The average Bonchev–Trinajstić information content (AvgIpc) is 2.84. The Morgan fingerprint density at radius 2 is 2.10 bits per heavy atom. The van der Waals surface area contributed by atoms with Crippen LogP contribution < -0.4 is 5.32 Å². The van der Waals surface area contributed by atoms with E-state index in [0.29, 0.717) is 4.47 Å². The van der Waals surface area contributed by atoms with Gasteiger partial charge in [-0.05, 0) is 37.5 Å². The maximum absolute atomic E-state index is 12.2.